The SMILES string of the molecule is Cc1cc2c3c(c1)N(c1cccc4oc5ccccc5c14)c1cc(-c4ccccc4)ccc1B3c1ccc(N3c4cc(C)cc(C)c4C4(C)CCCCC34C)cc1N2c1cccc2c1oc1ccccc12. The molecule has 5 nitrogen and oxygen atoms in total. The quantitative estimate of drug-likeness (QED) is 0.164. The Balaban J connectivity index is 1.05. The number of hydrogen-bond donors (Lipinski definition) is 0. The molecule has 2 aromatic heterocycles. The highest BCUT2D eigenvalue weighted by atomic mass is 16.3. The highest BCUT2D eigenvalue weighted by Crippen LogP contribution is 2.62. The molecular weight excluding hydrogens is 866 g/mol. The molecule has 9 aromatic carbocycles. The maximum atomic E-state index is 7.01. The van der Waals surface area contributed by atoms with Crippen LogP contribution in [0.2, 0.25) is 0 Å². The zero-order valence-electron chi connectivity index (χ0n) is 40.8. The molecule has 2 unspecified atom stereocenters. The monoisotopic (exact) mass is 917 g/mol. The van der Waals surface area contributed by atoms with E-state index in [-0.39, 0.29) is 17.7 Å². The Hall–Kier alpha value is -7.96. The van der Waals surface area contributed by atoms with Crippen molar-refractivity contribution < 1.29 is 8.83 Å². The predicted octanol–water partition coefficient (Wildman–Crippen LogP) is 15.9. The summed E-state index contributed by atoms with van der Waals surface area (Å²) in [5.74, 6) is 0. The Kier molecular flexibility index (Phi) is 8.38. The number of anilines is 8. The Morgan fingerprint density at radius 2 is 1.08 bits per heavy atom. The van der Waals surface area contributed by atoms with Crippen LogP contribution in [0.15, 0.2) is 185 Å². The summed E-state index contributed by atoms with van der Waals surface area (Å²) in [5, 5.41) is 4.45. The van der Waals surface area contributed by atoms with Crippen molar-refractivity contribution >= 4 is 112 Å². The van der Waals surface area contributed by atoms with Crippen LogP contribution in [0.3, 0.4) is 0 Å². The van der Waals surface area contributed by atoms with Gasteiger partial charge in [0.1, 0.15) is 16.7 Å². The first-order valence-corrected chi connectivity index (χ1v) is 25.5. The van der Waals surface area contributed by atoms with Gasteiger partial charge in [0.2, 0.25) is 0 Å². The summed E-state index contributed by atoms with van der Waals surface area (Å²) in [5.41, 5.74) is 24.5. The van der Waals surface area contributed by atoms with Gasteiger partial charge in [-0.15, -0.1) is 0 Å². The molecule has 15 rings (SSSR count). The predicted molar refractivity (Wildman–Crippen MR) is 297 cm³/mol. The van der Waals surface area contributed by atoms with Gasteiger partial charge in [0.05, 0.1) is 22.3 Å². The van der Waals surface area contributed by atoms with Gasteiger partial charge in [-0.2, -0.15) is 0 Å². The third-order valence-corrected chi connectivity index (χ3v) is 17.3. The van der Waals surface area contributed by atoms with Gasteiger partial charge in [0.25, 0.3) is 6.71 Å². The number of aryl methyl sites for hydroxylation is 3. The summed E-state index contributed by atoms with van der Waals surface area (Å²) in [6.07, 6.45) is 4.79. The zero-order valence-corrected chi connectivity index (χ0v) is 40.8. The number of benzene rings is 9. The second kappa shape index (κ2) is 14.6. The molecule has 342 valence electrons. The van der Waals surface area contributed by atoms with Gasteiger partial charge in [0, 0.05) is 55.7 Å². The lowest BCUT2D eigenvalue weighted by Gasteiger charge is -2.51. The molecule has 71 heavy (non-hydrogen) atoms. The lowest BCUT2D eigenvalue weighted by Crippen LogP contribution is -2.61. The van der Waals surface area contributed by atoms with Crippen LogP contribution in [-0.2, 0) is 5.41 Å². The standard InChI is InChI=1S/C65H52BN3O2/c1-39-33-41(3)61-54(34-39)69(65(5)32-14-13-31-64(61,65)4)44-28-30-49-53(38-44)68(51-23-15-21-46-45-19-9-11-24-57(45)71-63(46)51)56-36-40(2)35-55-62(56)66(49)48-29-27-43(42-17-7-6-8-18-42)37-52(48)67(55)50-22-16-26-59-60(50)47-20-10-12-25-58(47)70-59/h6-12,15-30,33-38H,13-14,31-32H2,1-5H3. The first-order chi connectivity index (χ1) is 34.7. The molecule has 1 fully saturated rings. The van der Waals surface area contributed by atoms with E-state index < -0.39 is 0 Å². The molecule has 6 heteroatoms. The molecule has 1 aliphatic carbocycles. The average molecular weight is 918 g/mol. The van der Waals surface area contributed by atoms with Crippen molar-refractivity contribution in [2.24, 2.45) is 0 Å². The number of nitrogens with zero attached hydrogens (tertiary/aromatic N) is 3. The van der Waals surface area contributed by atoms with E-state index in [9.17, 15) is 0 Å². The Bertz CT molecular complexity index is 4070. The molecule has 0 bridgehead atoms. The Labute approximate surface area is 414 Å². The number of hydrogen-bond acceptors (Lipinski definition) is 5. The number of furan rings is 2. The van der Waals surface area contributed by atoms with Gasteiger partial charge in [-0.05, 0) is 157 Å². The van der Waals surface area contributed by atoms with Crippen LogP contribution in [0.4, 0.5) is 45.5 Å². The molecule has 0 N–H and O–H groups in total. The van der Waals surface area contributed by atoms with Crippen molar-refractivity contribution in [3.8, 4) is 11.1 Å². The van der Waals surface area contributed by atoms with Crippen LogP contribution in [-0.4, -0.2) is 12.3 Å². The fourth-order valence-electron chi connectivity index (χ4n) is 14.2. The fourth-order valence-corrected chi connectivity index (χ4v) is 14.2. The Morgan fingerprint density at radius 3 is 1.90 bits per heavy atom. The van der Waals surface area contributed by atoms with E-state index in [1.54, 1.807) is 0 Å². The van der Waals surface area contributed by atoms with Crippen LogP contribution in [0.25, 0.3) is 55.0 Å². The minimum Gasteiger partial charge on any atom is -0.456 e. The van der Waals surface area contributed by atoms with Crippen LogP contribution in [0, 0.1) is 20.8 Å². The molecule has 11 aromatic rings. The minimum atomic E-state index is -0.107. The molecule has 4 aliphatic rings. The van der Waals surface area contributed by atoms with E-state index in [2.05, 4.69) is 225 Å². The van der Waals surface area contributed by atoms with E-state index in [1.165, 1.54) is 97.5 Å². The minimum absolute atomic E-state index is 0.0117. The third-order valence-electron chi connectivity index (χ3n) is 17.3. The van der Waals surface area contributed by atoms with Crippen molar-refractivity contribution in [3.05, 3.63) is 198 Å². The topological polar surface area (TPSA) is 36.0 Å². The van der Waals surface area contributed by atoms with Gasteiger partial charge in [-0.3, -0.25) is 0 Å². The van der Waals surface area contributed by atoms with E-state index in [0.29, 0.717) is 0 Å². The van der Waals surface area contributed by atoms with Crippen molar-refractivity contribution in [3.63, 3.8) is 0 Å². The highest BCUT2D eigenvalue weighted by molar-refractivity contribution is 7.00. The van der Waals surface area contributed by atoms with Crippen molar-refractivity contribution in [1.29, 1.82) is 0 Å². The molecule has 0 saturated heterocycles. The number of fused-ring (bicyclic) bond motifs is 13. The summed E-state index contributed by atoms with van der Waals surface area (Å²) < 4.78 is 13.6. The molecule has 0 amide bonds. The van der Waals surface area contributed by atoms with Crippen LogP contribution in [0.5, 0.6) is 0 Å². The molecule has 2 atom stereocenters. The molecule has 5 heterocycles. The average Bonchev–Trinajstić information content (AvgIpc) is 4.03. The molecule has 1 saturated carbocycles. The highest BCUT2D eigenvalue weighted by Gasteiger charge is 2.58. The number of para-hydroxylation sites is 3. The summed E-state index contributed by atoms with van der Waals surface area (Å²) in [7, 11) is 0. The Morgan fingerprint density at radius 1 is 0.465 bits per heavy atom. The smallest absolute Gasteiger partial charge is 0.252 e. The van der Waals surface area contributed by atoms with Gasteiger partial charge in [0.15, 0.2) is 5.58 Å². The first-order valence-electron chi connectivity index (χ1n) is 25.5. The summed E-state index contributed by atoms with van der Waals surface area (Å²) in [4.78, 5) is 7.86. The second-order valence-electron chi connectivity index (χ2n) is 21.3. The lowest BCUT2D eigenvalue weighted by molar-refractivity contribution is 0.194. The third kappa shape index (κ3) is 5.48. The maximum Gasteiger partial charge on any atom is 0.252 e. The van der Waals surface area contributed by atoms with Gasteiger partial charge in [-0.25, -0.2) is 0 Å². The van der Waals surface area contributed by atoms with E-state index in [1.807, 2.05) is 0 Å². The van der Waals surface area contributed by atoms with Gasteiger partial charge < -0.3 is 23.5 Å². The van der Waals surface area contributed by atoms with Crippen LogP contribution < -0.4 is 31.1 Å². The van der Waals surface area contributed by atoms with Gasteiger partial charge in [-0.1, -0.05) is 129 Å². The fraction of sp³-hybridized carbons (Fsp3) is 0.169. The molecule has 0 spiro atoms. The van der Waals surface area contributed by atoms with E-state index in [0.717, 1.165) is 67.4 Å². The number of rotatable bonds is 4. The summed E-state index contributed by atoms with van der Waals surface area (Å²) in [6.45, 7) is 11.9. The molecule has 0 radical (unpaired) electrons. The largest absolute Gasteiger partial charge is 0.456 e. The normalized spacial score (nSPS) is 18.8. The maximum absolute atomic E-state index is 7.01. The van der Waals surface area contributed by atoms with E-state index in [4.69, 9.17) is 8.83 Å². The van der Waals surface area contributed by atoms with Crippen LogP contribution >= 0.6 is 0 Å². The first kappa shape index (κ1) is 40.9. The second-order valence-corrected chi connectivity index (χ2v) is 21.3. The van der Waals surface area contributed by atoms with Gasteiger partial charge >= 0.3 is 0 Å². The van der Waals surface area contributed by atoms with Crippen LogP contribution in [0.1, 0.15) is 61.8 Å². The van der Waals surface area contributed by atoms with E-state index >= 15 is 0 Å². The van der Waals surface area contributed by atoms with Crippen molar-refractivity contribution in [2.45, 2.75) is 71.3 Å². The molecular formula is C65H52BN3O2. The summed E-state index contributed by atoms with van der Waals surface area (Å²) in [6, 6.07) is 65.4. The summed E-state index contributed by atoms with van der Waals surface area (Å²) >= 11 is 0. The lowest BCUT2D eigenvalue weighted by atomic mass is 9.33. The zero-order chi connectivity index (χ0) is 47.5. The molecule has 3 aliphatic heterocycles. The van der Waals surface area contributed by atoms with Crippen molar-refractivity contribution in [2.75, 3.05) is 14.7 Å². The van der Waals surface area contributed by atoms with Crippen molar-refractivity contribution in [1.82, 2.24) is 0 Å².